The Hall–Kier alpha value is -0.780. The first kappa shape index (κ1) is 17.3. The fraction of sp³-hybridized carbons (Fsp3) is 0.929. The molecule has 1 saturated carbocycles. The smallest absolute Gasteiger partial charge is 0.401 e. The molecule has 20 heavy (non-hydrogen) atoms. The molecule has 1 N–H and O–H groups in total. The van der Waals surface area contributed by atoms with Gasteiger partial charge >= 0.3 is 12.1 Å². The largest absolute Gasteiger partial charge is 0.481 e. The molecule has 0 heterocycles. The highest BCUT2D eigenvalue weighted by Crippen LogP contribution is 2.41. The minimum Gasteiger partial charge on any atom is -0.481 e. The second kappa shape index (κ2) is 5.92. The molecule has 6 heteroatoms. The van der Waals surface area contributed by atoms with Crippen LogP contribution in [0.3, 0.4) is 0 Å². The molecular formula is C14H24F3NO2. The van der Waals surface area contributed by atoms with Crippen molar-refractivity contribution < 1.29 is 23.1 Å². The van der Waals surface area contributed by atoms with Gasteiger partial charge in [0.25, 0.3) is 0 Å². The molecule has 118 valence electrons. The lowest BCUT2D eigenvalue weighted by Gasteiger charge is -2.44. The van der Waals surface area contributed by atoms with Crippen molar-refractivity contribution in [3.8, 4) is 0 Å². The highest BCUT2D eigenvalue weighted by molar-refractivity contribution is 5.71. The summed E-state index contributed by atoms with van der Waals surface area (Å²) >= 11 is 0. The van der Waals surface area contributed by atoms with E-state index in [1.54, 1.807) is 0 Å². The SMILES string of the molecule is CN(CC(F)(F)F)C1CC(C(C)(C)C)CCC1C(=O)O. The van der Waals surface area contributed by atoms with Crippen LogP contribution in [0.1, 0.15) is 40.0 Å². The molecule has 0 saturated heterocycles. The third kappa shape index (κ3) is 4.65. The van der Waals surface area contributed by atoms with Gasteiger partial charge in [-0.05, 0) is 37.6 Å². The first-order valence-electron chi connectivity index (χ1n) is 6.91. The second-order valence-corrected chi connectivity index (χ2v) is 6.92. The van der Waals surface area contributed by atoms with E-state index in [1.165, 1.54) is 7.05 Å². The summed E-state index contributed by atoms with van der Waals surface area (Å²) in [4.78, 5) is 12.4. The van der Waals surface area contributed by atoms with Gasteiger partial charge in [0.2, 0.25) is 0 Å². The zero-order valence-corrected chi connectivity index (χ0v) is 12.5. The van der Waals surface area contributed by atoms with Crippen LogP contribution in [0.5, 0.6) is 0 Å². The van der Waals surface area contributed by atoms with E-state index in [0.29, 0.717) is 12.8 Å². The molecule has 0 radical (unpaired) electrons. The van der Waals surface area contributed by atoms with Crippen LogP contribution in [0.4, 0.5) is 13.2 Å². The Balaban J connectivity index is 2.86. The van der Waals surface area contributed by atoms with E-state index >= 15 is 0 Å². The first-order chi connectivity index (χ1) is 8.92. The van der Waals surface area contributed by atoms with Crippen molar-refractivity contribution in [1.29, 1.82) is 0 Å². The molecule has 0 amide bonds. The van der Waals surface area contributed by atoms with Crippen LogP contribution >= 0.6 is 0 Å². The molecule has 1 rings (SSSR count). The standard InChI is InChI=1S/C14H24F3NO2/c1-13(2,3)9-5-6-10(12(19)20)11(7-9)18(4)8-14(15,16)17/h9-11H,5-8H2,1-4H3,(H,19,20). The quantitative estimate of drug-likeness (QED) is 0.867. The lowest BCUT2D eigenvalue weighted by atomic mass is 9.67. The summed E-state index contributed by atoms with van der Waals surface area (Å²) in [6.07, 6.45) is -2.58. The number of hydrogen-bond donors (Lipinski definition) is 1. The molecule has 0 aromatic rings. The predicted octanol–water partition coefficient (Wildman–Crippen LogP) is 3.40. The van der Waals surface area contributed by atoms with E-state index in [1.807, 2.05) is 0 Å². The first-order valence-corrected chi connectivity index (χ1v) is 6.91. The molecule has 1 aliphatic carbocycles. The molecule has 0 aliphatic heterocycles. The average molecular weight is 295 g/mol. The molecular weight excluding hydrogens is 271 g/mol. The highest BCUT2D eigenvalue weighted by atomic mass is 19.4. The number of hydrogen-bond acceptors (Lipinski definition) is 2. The van der Waals surface area contributed by atoms with Gasteiger partial charge in [0.1, 0.15) is 0 Å². The Kier molecular flexibility index (Phi) is 5.11. The second-order valence-electron chi connectivity index (χ2n) is 6.92. The summed E-state index contributed by atoms with van der Waals surface area (Å²) in [7, 11) is 1.37. The fourth-order valence-electron chi connectivity index (χ4n) is 3.11. The summed E-state index contributed by atoms with van der Waals surface area (Å²) in [6, 6.07) is -0.549. The number of rotatable bonds is 3. The molecule has 0 spiro atoms. The maximum atomic E-state index is 12.5. The number of halogens is 3. The minimum atomic E-state index is -4.30. The van der Waals surface area contributed by atoms with Gasteiger partial charge in [0.05, 0.1) is 12.5 Å². The zero-order chi connectivity index (χ0) is 15.7. The maximum Gasteiger partial charge on any atom is 0.401 e. The molecule has 1 aliphatic rings. The van der Waals surface area contributed by atoms with Crippen molar-refractivity contribution >= 4 is 5.97 Å². The topological polar surface area (TPSA) is 40.5 Å². The number of carbonyl (C=O) groups is 1. The van der Waals surface area contributed by atoms with Gasteiger partial charge in [-0.15, -0.1) is 0 Å². The lowest BCUT2D eigenvalue weighted by molar-refractivity contribution is -0.161. The van der Waals surface area contributed by atoms with Gasteiger partial charge in [-0.3, -0.25) is 9.69 Å². The van der Waals surface area contributed by atoms with E-state index in [9.17, 15) is 23.1 Å². The number of carboxylic acid groups (broad SMARTS) is 1. The number of aliphatic carboxylic acids is 1. The molecule has 0 aromatic carbocycles. The van der Waals surface area contributed by atoms with Gasteiger partial charge in [-0.2, -0.15) is 13.2 Å². The summed E-state index contributed by atoms with van der Waals surface area (Å²) in [5.41, 5.74) is -0.0131. The molecule has 0 aromatic heterocycles. The minimum absolute atomic E-state index is 0.0131. The summed E-state index contributed by atoms with van der Waals surface area (Å²) in [5.74, 6) is -1.45. The molecule has 3 unspecified atom stereocenters. The van der Waals surface area contributed by atoms with E-state index < -0.39 is 30.7 Å². The summed E-state index contributed by atoms with van der Waals surface area (Å²) in [5, 5.41) is 9.24. The van der Waals surface area contributed by atoms with Crippen LogP contribution in [-0.4, -0.2) is 41.8 Å². The van der Waals surface area contributed by atoms with Crippen LogP contribution in [0.25, 0.3) is 0 Å². The summed E-state index contributed by atoms with van der Waals surface area (Å²) < 4.78 is 37.6. The Bertz CT molecular complexity index is 349. The Morgan fingerprint density at radius 3 is 2.20 bits per heavy atom. The Morgan fingerprint density at radius 1 is 1.25 bits per heavy atom. The number of carboxylic acids is 1. The van der Waals surface area contributed by atoms with E-state index in [2.05, 4.69) is 20.8 Å². The van der Waals surface area contributed by atoms with Crippen molar-refractivity contribution in [2.45, 2.75) is 52.3 Å². The van der Waals surface area contributed by atoms with E-state index in [0.717, 1.165) is 11.3 Å². The third-order valence-electron chi connectivity index (χ3n) is 4.35. The van der Waals surface area contributed by atoms with E-state index in [-0.39, 0.29) is 11.3 Å². The maximum absolute atomic E-state index is 12.5. The van der Waals surface area contributed by atoms with E-state index in [4.69, 9.17) is 0 Å². The normalized spacial score (nSPS) is 28.7. The van der Waals surface area contributed by atoms with Crippen LogP contribution < -0.4 is 0 Å². The van der Waals surface area contributed by atoms with Crippen molar-refractivity contribution in [3.63, 3.8) is 0 Å². The fourth-order valence-corrected chi connectivity index (χ4v) is 3.11. The van der Waals surface area contributed by atoms with Crippen LogP contribution in [0.2, 0.25) is 0 Å². The van der Waals surface area contributed by atoms with Gasteiger partial charge < -0.3 is 5.11 Å². The average Bonchev–Trinajstić information content (AvgIpc) is 2.24. The molecule has 1 fully saturated rings. The third-order valence-corrected chi connectivity index (χ3v) is 4.35. The van der Waals surface area contributed by atoms with Crippen molar-refractivity contribution in [2.75, 3.05) is 13.6 Å². The van der Waals surface area contributed by atoms with Crippen LogP contribution in [0.15, 0.2) is 0 Å². The van der Waals surface area contributed by atoms with Gasteiger partial charge in [-0.25, -0.2) is 0 Å². The van der Waals surface area contributed by atoms with Gasteiger partial charge in [0.15, 0.2) is 0 Å². The number of nitrogens with zero attached hydrogens (tertiary/aromatic N) is 1. The van der Waals surface area contributed by atoms with Crippen molar-refractivity contribution in [3.05, 3.63) is 0 Å². The van der Waals surface area contributed by atoms with Gasteiger partial charge in [-0.1, -0.05) is 20.8 Å². The lowest BCUT2D eigenvalue weighted by Crippen LogP contribution is -2.49. The van der Waals surface area contributed by atoms with Gasteiger partial charge in [0, 0.05) is 6.04 Å². The summed E-state index contributed by atoms with van der Waals surface area (Å²) in [6.45, 7) is 5.11. The van der Waals surface area contributed by atoms with Crippen molar-refractivity contribution in [1.82, 2.24) is 4.90 Å². The zero-order valence-electron chi connectivity index (χ0n) is 12.5. The predicted molar refractivity (Wildman–Crippen MR) is 70.4 cm³/mol. The number of alkyl halides is 3. The molecule has 3 nitrogen and oxygen atoms in total. The van der Waals surface area contributed by atoms with Crippen LogP contribution in [-0.2, 0) is 4.79 Å². The monoisotopic (exact) mass is 295 g/mol. The van der Waals surface area contributed by atoms with Crippen molar-refractivity contribution in [2.24, 2.45) is 17.3 Å². The molecule has 0 bridgehead atoms. The highest BCUT2D eigenvalue weighted by Gasteiger charge is 2.43. The van der Waals surface area contributed by atoms with Crippen LogP contribution in [0, 0.1) is 17.3 Å². The Morgan fingerprint density at radius 2 is 1.80 bits per heavy atom. The Labute approximate surface area is 118 Å². The molecule has 3 atom stereocenters.